The van der Waals surface area contributed by atoms with Crippen LogP contribution in [-0.4, -0.2) is 13.0 Å². The highest BCUT2D eigenvalue weighted by Crippen LogP contribution is 2.60. The summed E-state index contributed by atoms with van der Waals surface area (Å²) in [5.41, 5.74) is 6.12. The van der Waals surface area contributed by atoms with Crippen LogP contribution >= 0.6 is 0 Å². The lowest BCUT2D eigenvalue weighted by Crippen LogP contribution is -2.47. The maximum absolute atomic E-state index is 13.8. The fourth-order valence-electron chi connectivity index (χ4n) is 5.81. The number of hydrogen-bond acceptors (Lipinski definition) is 2. The molecule has 0 unspecified atom stereocenters. The third kappa shape index (κ3) is 2.76. The van der Waals surface area contributed by atoms with Crippen molar-refractivity contribution in [1.29, 1.82) is 0 Å². The maximum Gasteiger partial charge on any atom is 0.228 e. The number of methoxy groups -OCH3 is 1. The van der Waals surface area contributed by atoms with Gasteiger partial charge in [0.2, 0.25) is 5.91 Å². The Labute approximate surface area is 178 Å². The molecule has 6 rings (SSSR count). The molecule has 2 bridgehead atoms. The van der Waals surface area contributed by atoms with Crippen molar-refractivity contribution in [1.82, 2.24) is 0 Å². The number of carbonyl (C=O) groups is 1. The number of ether oxygens (including phenoxy) is 1. The van der Waals surface area contributed by atoms with Gasteiger partial charge in [-0.2, -0.15) is 0 Å². The number of rotatable bonds is 4. The van der Waals surface area contributed by atoms with Crippen molar-refractivity contribution in [2.45, 2.75) is 25.7 Å². The van der Waals surface area contributed by atoms with Crippen molar-refractivity contribution in [2.75, 3.05) is 12.4 Å². The molecule has 1 N–H and O–H groups in total. The van der Waals surface area contributed by atoms with E-state index in [-0.39, 0.29) is 29.6 Å². The fourth-order valence-corrected chi connectivity index (χ4v) is 5.81. The molecule has 3 nitrogen and oxygen atoms in total. The Bertz CT molecular complexity index is 1060. The molecule has 0 heterocycles. The van der Waals surface area contributed by atoms with Gasteiger partial charge in [-0.1, -0.05) is 74.5 Å². The second kappa shape index (κ2) is 7.32. The van der Waals surface area contributed by atoms with Crippen LogP contribution in [0.3, 0.4) is 0 Å². The summed E-state index contributed by atoms with van der Waals surface area (Å²) in [6, 6.07) is 25.0. The van der Waals surface area contributed by atoms with Crippen molar-refractivity contribution < 1.29 is 9.53 Å². The second-order valence-electron chi connectivity index (χ2n) is 8.75. The van der Waals surface area contributed by atoms with Crippen LogP contribution in [0.25, 0.3) is 0 Å². The predicted octanol–water partition coefficient (Wildman–Crippen LogP) is 5.81. The molecule has 0 aromatic heterocycles. The molecule has 3 aromatic carbocycles. The van der Waals surface area contributed by atoms with Crippen molar-refractivity contribution in [3.63, 3.8) is 0 Å². The van der Waals surface area contributed by atoms with Gasteiger partial charge in [0.1, 0.15) is 5.75 Å². The third-order valence-corrected chi connectivity index (χ3v) is 6.93. The average molecular weight is 398 g/mol. The zero-order valence-corrected chi connectivity index (χ0v) is 17.6. The minimum atomic E-state index is -0.121. The van der Waals surface area contributed by atoms with Gasteiger partial charge < -0.3 is 10.1 Å². The van der Waals surface area contributed by atoms with E-state index < -0.39 is 0 Å². The van der Waals surface area contributed by atoms with Gasteiger partial charge in [-0.15, -0.1) is 0 Å². The van der Waals surface area contributed by atoms with Gasteiger partial charge in [-0.05, 0) is 46.2 Å². The highest BCUT2D eigenvalue weighted by atomic mass is 16.5. The number of para-hydroxylation sites is 2. The van der Waals surface area contributed by atoms with E-state index in [1.807, 2.05) is 24.3 Å². The van der Waals surface area contributed by atoms with Crippen LogP contribution in [0, 0.1) is 17.8 Å². The summed E-state index contributed by atoms with van der Waals surface area (Å²) >= 11 is 0. The molecule has 1 amide bonds. The smallest absolute Gasteiger partial charge is 0.228 e. The van der Waals surface area contributed by atoms with Crippen molar-refractivity contribution in [3.8, 4) is 5.75 Å². The number of hydrogen-bond donors (Lipinski definition) is 1. The van der Waals surface area contributed by atoms with Gasteiger partial charge in [-0.3, -0.25) is 4.79 Å². The minimum Gasteiger partial charge on any atom is -0.495 e. The molecule has 0 spiro atoms. The van der Waals surface area contributed by atoms with Crippen LogP contribution in [0.4, 0.5) is 5.69 Å². The lowest BCUT2D eigenvalue weighted by molar-refractivity contribution is -0.123. The van der Waals surface area contributed by atoms with Crippen molar-refractivity contribution in [3.05, 3.63) is 95.1 Å². The quantitative estimate of drug-likeness (QED) is 0.603. The van der Waals surface area contributed by atoms with E-state index in [0.717, 1.165) is 5.69 Å². The first-order valence-corrected chi connectivity index (χ1v) is 10.7. The van der Waals surface area contributed by atoms with Crippen LogP contribution in [0.5, 0.6) is 5.75 Å². The molecular formula is C27H27NO2. The number of anilines is 1. The summed E-state index contributed by atoms with van der Waals surface area (Å²) in [4.78, 5) is 13.8. The van der Waals surface area contributed by atoms with Crippen LogP contribution < -0.4 is 10.1 Å². The SMILES string of the molecule is COc1ccccc1NC(=O)[C@@H]1C2c3ccccc3C(c3ccccc32)[C@@H]1C(C)C. The molecule has 0 radical (unpaired) electrons. The summed E-state index contributed by atoms with van der Waals surface area (Å²) in [5.74, 6) is 1.60. The lowest BCUT2D eigenvalue weighted by Gasteiger charge is -2.51. The van der Waals surface area contributed by atoms with Crippen molar-refractivity contribution in [2.24, 2.45) is 17.8 Å². The maximum atomic E-state index is 13.8. The van der Waals surface area contributed by atoms with E-state index in [9.17, 15) is 4.79 Å². The molecule has 0 aliphatic heterocycles. The van der Waals surface area contributed by atoms with Gasteiger partial charge >= 0.3 is 0 Å². The molecule has 30 heavy (non-hydrogen) atoms. The molecule has 3 heteroatoms. The Morgan fingerprint density at radius 1 is 0.800 bits per heavy atom. The topological polar surface area (TPSA) is 38.3 Å². The van der Waals surface area contributed by atoms with Crippen LogP contribution in [-0.2, 0) is 4.79 Å². The normalized spacial score (nSPS) is 23.6. The van der Waals surface area contributed by atoms with E-state index in [4.69, 9.17) is 4.74 Å². The first kappa shape index (κ1) is 18.9. The zero-order chi connectivity index (χ0) is 20.8. The standard InChI is InChI=1S/C27H27NO2/c1-16(2)23-24-17-10-4-6-12-19(17)25(20-13-7-5-11-18(20)24)26(23)27(29)28-21-14-8-9-15-22(21)30-3/h4-16,23-26H,1-3H3,(H,28,29)/t23-,24?,25?,26-/m0/s1. The third-order valence-electron chi connectivity index (χ3n) is 6.93. The number of benzene rings is 3. The monoisotopic (exact) mass is 397 g/mol. The van der Waals surface area contributed by atoms with E-state index in [2.05, 4.69) is 67.7 Å². The minimum absolute atomic E-state index is 0.0736. The predicted molar refractivity (Wildman–Crippen MR) is 120 cm³/mol. The van der Waals surface area contributed by atoms with Crippen molar-refractivity contribution >= 4 is 11.6 Å². The average Bonchev–Trinajstić information content (AvgIpc) is 2.78. The Morgan fingerprint density at radius 3 is 1.83 bits per heavy atom. The van der Waals surface area contributed by atoms with Gasteiger partial charge in [0.05, 0.1) is 18.7 Å². The van der Waals surface area contributed by atoms with Crippen LogP contribution in [0.1, 0.15) is 47.9 Å². The Balaban J connectivity index is 1.64. The summed E-state index contributed by atoms with van der Waals surface area (Å²) in [6.07, 6.45) is 0. The molecular weight excluding hydrogens is 370 g/mol. The Morgan fingerprint density at radius 2 is 1.30 bits per heavy atom. The largest absolute Gasteiger partial charge is 0.495 e. The highest BCUT2D eigenvalue weighted by molar-refractivity contribution is 5.96. The number of nitrogens with one attached hydrogen (secondary N) is 1. The van der Waals surface area contributed by atoms with Gasteiger partial charge in [0.15, 0.2) is 0 Å². The first-order chi connectivity index (χ1) is 14.6. The van der Waals surface area contributed by atoms with E-state index in [1.165, 1.54) is 22.3 Å². The summed E-state index contributed by atoms with van der Waals surface area (Å²) in [7, 11) is 1.64. The summed E-state index contributed by atoms with van der Waals surface area (Å²) in [6.45, 7) is 4.50. The fraction of sp³-hybridized carbons (Fsp3) is 0.296. The highest BCUT2D eigenvalue weighted by Gasteiger charge is 2.53. The second-order valence-corrected chi connectivity index (χ2v) is 8.75. The molecule has 0 fully saturated rings. The first-order valence-electron chi connectivity index (χ1n) is 10.7. The molecule has 3 aliphatic carbocycles. The zero-order valence-electron chi connectivity index (χ0n) is 17.6. The molecule has 0 saturated heterocycles. The van der Waals surface area contributed by atoms with Crippen LogP contribution in [0.15, 0.2) is 72.8 Å². The number of amides is 1. The number of fused-ring (bicyclic) bond motifs is 1. The van der Waals surface area contributed by atoms with E-state index in [1.54, 1.807) is 7.11 Å². The number of carbonyl (C=O) groups excluding carboxylic acids is 1. The summed E-state index contributed by atoms with van der Waals surface area (Å²) in [5, 5.41) is 3.20. The van der Waals surface area contributed by atoms with Crippen LogP contribution in [0.2, 0.25) is 0 Å². The molecule has 152 valence electrons. The molecule has 0 saturated carbocycles. The molecule has 2 atom stereocenters. The molecule has 3 aromatic rings. The molecule has 3 aliphatic rings. The van der Waals surface area contributed by atoms with E-state index >= 15 is 0 Å². The Kier molecular flexibility index (Phi) is 4.62. The van der Waals surface area contributed by atoms with E-state index in [0.29, 0.717) is 11.7 Å². The van der Waals surface area contributed by atoms with Gasteiger partial charge in [-0.25, -0.2) is 0 Å². The lowest BCUT2D eigenvalue weighted by atomic mass is 9.52. The van der Waals surface area contributed by atoms with Gasteiger partial charge in [0.25, 0.3) is 0 Å². The summed E-state index contributed by atoms with van der Waals surface area (Å²) < 4.78 is 5.47. The van der Waals surface area contributed by atoms with Gasteiger partial charge in [0, 0.05) is 11.8 Å². The Hall–Kier alpha value is -3.07.